The first-order valence-electron chi connectivity index (χ1n) is 15.5. The molecule has 2 heterocycles. The van der Waals surface area contributed by atoms with Crippen LogP contribution in [0.5, 0.6) is 11.5 Å². The number of nitrogens with one attached hydrogen (secondary N) is 1. The van der Waals surface area contributed by atoms with Crippen LogP contribution >= 0.6 is 0 Å². The number of rotatable bonds is 14. The normalized spacial score (nSPS) is 12.4. The Balaban J connectivity index is 1.01. The van der Waals surface area contributed by atoms with Crippen LogP contribution in [0, 0.1) is 11.3 Å². The number of aliphatic hydroxyl groups is 1. The average molecular weight is 626 g/mol. The number of pyridine rings is 2. The minimum Gasteiger partial charge on any atom is -0.487 e. The molecule has 8 heteroatoms. The first kappa shape index (κ1) is 31.4. The molecule has 0 aliphatic carbocycles. The van der Waals surface area contributed by atoms with Gasteiger partial charge in [-0.3, -0.25) is 0 Å². The van der Waals surface area contributed by atoms with Crippen LogP contribution < -0.4 is 9.47 Å². The number of ether oxygens (including phenoxy) is 2. The van der Waals surface area contributed by atoms with Gasteiger partial charge in [-0.25, -0.2) is 14.8 Å². The van der Waals surface area contributed by atoms with Crippen LogP contribution in [-0.2, 0) is 24.4 Å². The average Bonchev–Trinajstić information content (AvgIpc) is 3.11. The lowest BCUT2D eigenvalue weighted by Crippen LogP contribution is -2.31. The van der Waals surface area contributed by atoms with Crippen molar-refractivity contribution < 1.29 is 24.5 Å². The predicted molar refractivity (Wildman–Crippen MR) is 182 cm³/mol. The monoisotopic (exact) mass is 625 g/mol. The highest BCUT2D eigenvalue weighted by Gasteiger charge is 2.27. The minimum atomic E-state index is -1.58. The quantitative estimate of drug-likeness (QED) is 0.108. The molecule has 47 heavy (non-hydrogen) atoms. The molecule has 6 aromatic rings. The Morgan fingerprint density at radius 1 is 0.681 bits per heavy atom. The molecule has 2 atom stereocenters. The highest BCUT2D eigenvalue weighted by atomic mass is 16.5. The zero-order valence-corrected chi connectivity index (χ0v) is 25.8. The Morgan fingerprint density at radius 2 is 1.19 bits per heavy atom. The van der Waals surface area contributed by atoms with Crippen molar-refractivity contribution in [3.05, 3.63) is 144 Å². The second-order valence-corrected chi connectivity index (χ2v) is 11.5. The van der Waals surface area contributed by atoms with E-state index in [1.165, 1.54) is 0 Å². The highest BCUT2D eigenvalue weighted by Crippen LogP contribution is 2.24. The van der Waals surface area contributed by atoms with E-state index in [-0.39, 0.29) is 12.1 Å². The summed E-state index contributed by atoms with van der Waals surface area (Å²) in [5, 5.41) is 30.9. The fraction of sp³-hybridized carbons (Fsp3) is 0.179. The lowest BCUT2D eigenvalue weighted by molar-refractivity contribution is -0.149. The number of nitrogens with zero attached hydrogens (tertiary/aromatic N) is 2. The number of hydrogen-bond donors (Lipinski definition) is 3. The van der Waals surface area contributed by atoms with Crippen molar-refractivity contribution in [2.24, 2.45) is 5.92 Å². The zero-order valence-electron chi connectivity index (χ0n) is 25.8. The van der Waals surface area contributed by atoms with Crippen LogP contribution in [-0.4, -0.2) is 38.0 Å². The molecule has 0 saturated carbocycles. The third-order valence-electron chi connectivity index (χ3n) is 8.18. The molecule has 8 nitrogen and oxygen atoms in total. The van der Waals surface area contributed by atoms with Crippen molar-refractivity contribution in [1.29, 1.82) is 5.41 Å². The van der Waals surface area contributed by atoms with Crippen LogP contribution in [0.1, 0.15) is 35.4 Å². The van der Waals surface area contributed by atoms with Gasteiger partial charge in [0.25, 0.3) is 0 Å². The van der Waals surface area contributed by atoms with E-state index in [1.807, 2.05) is 97.1 Å². The van der Waals surface area contributed by atoms with E-state index in [1.54, 1.807) is 24.3 Å². The van der Waals surface area contributed by atoms with Gasteiger partial charge in [0.15, 0.2) is 6.10 Å². The van der Waals surface area contributed by atoms with E-state index in [9.17, 15) is 15.0 Å². The van der Waals surface area contributed by atoms with E-state index in [2.05, 4.69) is 9.97 Å². The first-order valence-corrected chi connectivity index (χ1v) is 15.5. The fourth-order valence-corrected chi connectivity index (χ4v) is 5.50. The number of aliphatic carboxylic acids is 1. The van der Waals surface area contributed by atoms with Gasteiger partial charge in [-0.05, 0) is 91.1 Å². The maximum absolute atomic E-state index is 11.7. The summed E-state index contributed by atoms with van der Waals surface area (Å²) in [5.41, 5.74) is 5.36. The van der Waals surface area contributed by atoms with Crippen LogP contribution in [0.25, 0.3) is 21.8 Å². The number of hydrogen-bond acceptors (Lipinski definition) is 7. The fourth-order valence-electron chi connectivity index (χ4n) is 5.50. The second-order valence-electron chi connectivity index (χ2n) is 11.5. The molecule has 0 spiro atoms. The number of benzene rings is 4. The van der Waals surface area contributed by atoms with Gasteiger partial charge in [0, 0.05) is 22.4 Å². The molecule has 2 aromatic heterocycles. The Labute approximate surface area is 272 Å². The van der Waals surface area contributed by atoms with E-state index < -0.39 is 18.0 Å². The van der Waals surface area contributed by atoms with Gasteiger partial charge >= 0.3 is 5.97 Å². The van der Waals surface area contributed by atoms with Crippen LogP contribution in [0.4, 0.5) is 0 Å². The molecule has 0 fully saturated rings. The third-order valence-corrected chi connectivity index (χ3v) is 8.18. The smallest absolute Gasteiger partial charge is 0.332 e. The summed E-state index contributed by atoms with van der Waals surface area (Å²) in [6.07, 6.45) is -0.514. The molecular formula is C39H35N3O5. The minimum absolute atomic E-state index is 0.120. The summed E-state index contributed by atoms with van der Waals surface area (Å²) in [7, 11) is 0. The van der Waals surface area contributed by atoms with E-state index in [4.69, 9.17) is 14.9 Å². The van der Waals surface area contributed by atoms with Crippen molar-refractivity contribution in [1.82, 2.24) is 9.97 Å². The maximum atomic E-state index is 11.7. The van der Waals surface area contributed by atoms with Crippen molar-refractivity contribution in [3.63, 3.8) is 0 Å². The highest BCUT2D eigenvalue weighted by molar-refractivity contribution is 5.98. The molecule has 0 saturated heterocycles. The molecule has 0 aliphatic heterocycles. The van der Waals surface area contributed by atoms with Crippen LogP contribution in [0.3, 0.4) is 0 Å². The molecule has 0 aliphatic rings. The standard InChI is InChI=1S/C39H35N3O5/c40-35(27-15-21-34(22-16-27)47-25-32-18-14-29-6-2-4-8-37(29)42-32)23-30(38(43)39(44)45)12-9-26-10-19-33(20-11-26)46-24-31-17-13-28-5-1-3-7-36(28)41-31/h1-8,10-11,13-22,30,38,40,43H,9,12,23-25H2,(H,44,45). The summed E-state index contributed by atoms with van der Waals surface area (Å²) < 4.78 is 11.8. The molecular weight excluding hydrogens is 590 g/mol. The van der Waals surface area contributed by atoms with Crippen molar-refractivity contribution in [2.75, 3.05) is 0 Å². The summed E-state index contributed by atoms with van der Waals surface area (Å²) >= 11 is 0. The lowest BCUT2D eigenvalue weighted by Gasteiger charge is -2.21. The summed E-state index contributed by atoms with van der Waals surface area (Å²) in [5.74, 6) is -0.585. The van der Waals surface area contributed by atoms with Gasteiger partial charge in [0.1, 0.15) is 24.7 Å². The number of carbonyl (C=O) groups is 1. The third kappa shape index (κ3) is 8.17. The molecule has 236 valence electrons. The van der Waals surface area contributed by atoms with E-state index in [0.29, 0.717) is 43.1 Å². The summed E-state index contributed by atoms with van der Waals surface area (Å²) in [6, 6.07) is 38.5. The molecule has 6 rings (SSSR count). The van der Waals surface area contributed by atoms with Gasteiger partial charge in [-0.2, -0.15) is 0 Å². The van der Waals surface area contributed by atoms with Gasteiger partial charge in [0.2, 0.25) is 0 Å². The number of carboxylic acids is 1. The lowest BCUT2D eigenvalue weighted by atomic mass is 9.88. The van der Waals surface area contributed by atoms with Gasteiger partial charge in [0.05, 0.1) is 22.4 Å². The van der Waals surface area contributed by atoms with Crippen molar-refractivity contribution >= 4 is 33.5 Å². The summed E-state index contributed by atoms with van der Waals surface area (Å²) in [6.45, 7) is 0.650. The first-order chi connectivity index (χ1) is 22.9. The van der Waals surface area contributed by atoms with Crippen LogP contribution in [0.15, 0.2) is 121 Å². The molecule has 0 radical (unpaired) electrons. The molecule has 0 amide bonds. The van der Waals surface area contributed by atoms with Gasteiger partial charge in [-0.15, -0.1) is 0 Å². The summed E-state index contributed by atoms with van der Waals surface area (Å²) in [4.78, 5) is 21.0. The topological polar surface area (TPSA) is 126 Å². The second kappa shape index (κ2) is 14.7. The predicted octanol–water partition coefficient (Wildman–Crippen LogP) is 7.39. The number of carboxylic acid groups (broad SMARTS) is 1. The van der Waals surface area contributed by atoms with Crippen molar-refractivity contribution in [3.8, 4) is 11.5 Å². The SMILES string of the molecule is N=C(CC(CCc1ccc(OCc2ccc3ccccc3n2)cc1)C(O)C(=O)O)c1ccc(OCc2ccc3ccccc3n2)cc1. The molecule has 4 aromatic carbocycles. The van der Waals surface area contributed by atoms with E-state index >= 15 is 0 Å². The largest absolute Gasteiger partial charge is 0.487 e. The van der Waals surface area contributed by atoms with Crippen LogP contribution in [0.2, 0.25) is 0 Å². The molecule has 0 bridgehead atoms. The Hall–Kier alpha value is -5.60. The number of aliphatic hydroxyl groups excluding tert-OH is 1. The number of aromatic nitrogens is 2. The Bertz CT molecular complexity index is 1990. The molecule has 3 N–H and O–H groups in total. The van der Waals surface area contributed by atoms with Gasteiger partial charge in [-0.1, -0.05) is 60.7 Å². The van der Waals surface area contributed by atoms with E-state index in [0.717, 1.165) is 38.8 Å². The number of fused-ring (bicyclic) bond motifs is 2. The number of aryl methyl sites for hydroxylation is 1. The zero-order chi connectivity index (χ0) is 32.6. The van der Waals surface area contributed by atoms with Crippen molar-refractivity contribution in [2.45, 2.75) is 38.6 Å². The molecule has 2 unspecified atom stereocenters. The Kier molecular flexibility index (Phi) is 9.79. The van der Waals surface area contributed by atoms with Gasteiger partial charge < -0.3 is 25.1 Å². The number of para-hydroxylation sites is 2. The Morgan fingerprint density at radius 3 is 1.72 bits per heavy atom. The maximum Gasteiger partial charge on any atom is 0.332 e.